The molecule has 2 N–H and O–H groups in total. The Morgan fingerprint density at radius 1 is 1.27 bits per heavy atom. The molecule has 0 saturated heterocycles. The van der Waals surface area contributed by atoms with Crippen LogP contribution >= 0.6 is 0 Å². The molecule has 15 heavy (non-hydrogen) atoms. The van der Waals surface area contributed by atoms with Crippen molar-refractivity contribution in [2.75, 3.05) is 13.2 Å². The lowest BCUT2D eigenvalue weighted by atomic mass is 10.1. The second-order valence-corrected chi connectivity index (χ2v) is 4.01. The smallest absolute Gasteiger partial charge is 0.236 e. The summed E-state index contributed by atoms with van der Waals surface area (Å²) < 4.78 is 0. The fourth-order valence-electron chi connectivity index (χ4n) is 1.92. The maximum atomic E-state index is 11.4. The third-order valence-corrected chi connectivity index (χ3v) is 2.70. The summed E-state index contributed by atoms with van der Waals surface area (Å²) >= 11 is 0. The number of hydrogen-bond acceptors (Lipinski definition) is 3. The zero-order valence-electron chi connectivity index (χ0n) is 9.55. The lowest BCUT2D eigenvalue weighted by molar-refractivity contribution is -0.123. The fourth-order valence-corrected chi connectivity index (χ4v) is 1.92. The minimum Gasteiger partial charge on any atom is -0.352 e. The van der Waals surface area contributed by atoms with E-state index in [9.17, 15) is 4.79 Å². The molecule has 88 valence electrons. The molecule has 1 aliphatic carbocycles. The predicted octanol–water partition coefficient (Wildman–Crippen LogP) is 1.37. The number of rotatable bonds is 5. The molecule has 0 aromatic rings. The van der Waals surface area contributed by atoms with Crippen molar-refractivity contribution < 1.29 is 9.63 Å². The molecule has 0 unspecified atom stereocenters. The zero-order chi connectivity index (χ0) is 10.9. The monoisotopic (exact) mass is 214 g/mol. The van der Waals surface area contributed by atoms with E-state index >= 15 is 0 Å². The van der Waals surface area contributed by atoms with Crippen LogP contribution in [0.3, 0.4) is 0 Å². The standard InChI is InChI=1S/C11H22N2O2/c1-2-15-12-9-11(14)13-10-7-5-3-4-6-8-10/h10,12H,2-9H2,1H3,(H,13,14). The van der Waals surface area contributed by atoms with E-state index in [4.69, 9.17) is 4.84 Å². The molecule has 1 aliphatic rings. The summed E-state index contributed by atoms with van der Waals surface area (Å²) in [4.78, 5) is 16.4. The van der Waals surface area contributed by atoms with Crippen molar-refractivity contribution in [1.82, 2.24) is 10.8 Å². The Kier molecular flexibility index (Phi) is 6.36. The van der Waals surface area contributed by atoms with E-state index in [2.05, 4.69) is 10.8 Å². The average molecular weight is 214 g/mol. The van der Waals surface area contributed by atoms with Crippen LogP contribution in [0.2, 0.25) is 0 Å². The number of nitrogens with one attached hydrogen (secondary N) is 2. The van der Waals surface area contributed by atoms with Gasteiger partial charge in [-0.3, -0.25) is 4.79 Å². The number of hydrogen-bond donors (Lipinski definition) is 2. The molecule has 4 heteroatoms. The molecule has 4 nitrogen and oxygen atoms in total. The normalized spacial score (nSPS) is 18.5. The zero-order valence-corrected chi connectivity index (χ0v) is 9.55. The fraction of sp³-hybridized carbons (Fsp3) is 0.909. The summed E-state index contributed by atoms with van der Waals surface area (Å²) in [5.74, 6) is 0.0374. The Bertz CT molecular complexity index is 177. The van der Waals surface area contributed by atoms with Crippen molar-refractivity contribution in [2.24, 2.45) is 0 Å². The van der Waals surface area contributed by atoms with Crippen LogP contribution in [0.4, 0.5) is 0 Å². The first-order valence-corrected chi connectivity index (χ1v) is 5.97. The Balaban J connectivity index is 2.12. The van der Waals surface area contributed by atoms with Gasteiger partial charge in [-0.05, 0) is 19.8 Å². The molecule has 1 rings (SSSR count). The van der Waals surface area contributed by atoms with Gasteiger partial charge in [-0.15, -0.1) is 0 Å². The van der Waals surface area contributed by atoms with Gasteiger partial charge in [-0.2, -0.15) is 5.48 Å². The van der Waals surface area contributed by atoms with E-state index in [1.807, 2.05) is 6.92 Å². The van der Waals surface area contributed by atoms with Crippen LogP contribution in [0.1, 0.15) is 45.4 Å². The van der Waals surface area contributed by atoms with Gasteiger partial charge in [0.05, 0.1) is 13.2 Å². The van der Waals surface area contributed by atoms with E-state index in [0.29, 0.717) is 12.6 Å². The van der Waals surface area contributed by atoms with Crippen LogP contribution in [0, 0.1) is 0 Å². The minimum absolute atomic E-state index is 0.0374. The van der Waals surface area contributed by atoms with Gasteiger partial charge in [0.1, 0.15) is 0 Å². The van der Waals surface area contributed by atoms with Gasteiger partial charge in [-0.1, -0.05) is 25.7 Å². The molecule has 0 bridgehead atoms. The minimum atomic E-state index is 0.0374. The first kappa shape index (κ1) is 12.5. The van der Waals surface area contributed by atoms with Gasteiger partial charge in [0, 0.05) is 6.04 Å². The van der Waals surface area contributed by atoms with Crippen LogP contribution < -0.4 is 10.8 Å². The van der Waals surface area contributed by atoms with Gasteiger partial charge in [-0.25, -0.2) is 0 Å². The van der Waals surface area contributed by atoms with Crippen LogP contribution in [0.15, 0.2) is 0 Å². The maximum absolute atomic E-state index is 11.4. The Morgan fingerprint density at radius 3 is 2.53 bits per heavy atom. The Morgan fingerprint density at radius 2 is 1.93 bits per heavy atom. The van der Waals surface area contributed by atoms with Gasteiger partial charge in [0.25, 0.3) is 0 Å². The molecule has 1 fully saturated rings. The van der Waals surface area contributed by atoms with E-state index in [-0.39, 0.29) is 12.5 Å². The molecule has 0 aromatic carbocycles. The molecule has 0 atom stereocenters. The Labute approximate surface area is 91.7 Å². The summed E-state index contributed by atoms with van der Waals surface area (Å²) in [5, 5.41) is 3.04. The first-order chi connectivity index (χ1) is 7.33. The summed E-state index contributed by atoms with van der Waals surface area (Å²) in [7, 11) is 0. The number of carbonyl (C=O) groups excluding carboxylic acids is 1. The van der Waals surface area contributed by atoms with Gasteiger partial charge in [0.2, 0.25) is 5.91 Å². The quantitative estimate of drug-likeness (QED) is 0.413. The largest absolute Gasteiger partial charge is 0.352 e. The van der Waals surface area contributed by atoms with Crippen molar-refractivity contribution in [1.29, 1.82) is 0 Å². The molecule has 0 heterocycles. The molecule has 0 aromatic heterocycles. The van der Waals surface area contributed by atoms with Crippen molar-refractivity contribution in [3.8, 4) is 0 Å². The third-order valence-electron chi connectivity index (χ3n) is 2.70. The molecule has 1 amide bonds. The predicted molar refractivity (Wildman–Crippen MR) is 59.3 cm³/mol. The van der Waals surface area contributed by atoms with Crippen molar-refractivity contribution >= 4 is 5.91 Å². The highest BCUT2D eigenvalue weighted by atomic mass is 16.6. The second-order valence-electron chi connectivity index (χ2n) is 4.01. The number of carbonyl (C=O) groups is 1. The topological polar surface area (TPSA) is 50.4 Å². The highest BCUT2D eigenvalue weighted by Gasteiger charge is 2.13. The molecular weight excluding hydrogens is 192 g/mol. The van der Waals surface area contributed by atoms with E-state index in [0.717, 1.165) is 12.8 Å². The Hall–Kier alpha value is -0.610. The third kappa shape index (κ3) is 5.74. The van der Waals surface area contributed by atoms with Crippen LogP contribution in [-0.4, -0.2) is 25.1 Å². The number of amides is 1. The molecule has 0 spiro atoms. The number of hydroxylamine groups is 1. The SMILES string of the molecule is CCONCC(=O)NC1CCCCCC1. The lowest BCUT2D eigenvalue weighted by Gasteiger charge is -2.16. The van der Waals surface area contributed by atoms with E-state index in [1.54, 1.807) is 0 Å². The van der Waals surface area contributed by atoms with Gasteiger partial charge in [0.15, 0.2) is 0 Å². The van der Waals surface area contributed by atoms with Crippen LogP contribution in [0.5, 0.6) is 0 Å². The maximum Gasteiger partial charge on any atom is 0.236 e. The summed E-state index contributed by atoms with van der Waals surface area (Å²) in [6.07, 6.45) is 7.35. The lowest BCUT2D eigenvalue weighted by Crippen LogP contribution is -2.40. The molecule has 0 aliphatic heterocycles. The summed E-state index contributed by atoms with van der Waals surface area (Å²) in [5.41, 5.74) is 2.63. The summed E-state index contributed by atoms with van der Waals surface area (Å²) in [6, 6.07) is 0.378. The highest BCUT2D eigenvalue weighted by molar-refractivity contribution is 5.78. The van der Waals surface area contributed by atoms with Crippen molar-refractivity contribution in [3.63, 3.8) is 0 Å². The van der Waals surface area contributed by atoms with Gasteiger partial charge < -0.3 is 10.2 Å². The van der Waals surface area contributed by atoms with E-state index < -0.39 is 0 Å². The average Bonchev–Trinajstić information content (AvgIpc) is 2.47. The van der Waals surface area contributed by atoms with Crippen LogP contribution in [-0.2, 0) is 9.63 Å². The molecule has 1 saturated carbocycles. The summed E-state index contributed by atoms with van der Waals surface area (Å²) in [6.45, 7) is 2.72. The molecule has 0 radical (unpaired) electrons. The van der Waals surface area contributed by atoms with Crippen molar-refractivity contribution in [3.05, 3.63) is 0 Å². The van der Waals surface area contributed by atoms with Crippen LogP contribution in [0.25, 0.3) is 0 Å². The van der Waals surface area contributed by atoms with Gasteiger partial charge >= 0.3 is 0 Å². The van der Waals surface area contributed by atoms with E-state index in [1.165, 1.54) is 25.7 Å². The van der Waals surface area contributed by atoms with Crippen molar-refractivity contribution in [2.45, 2.75) is 51.5 Å². The first-order valence-electron chi connectivity index (χ1n) is 5.97. The molecular formula is C11H22N2O2. The highest BCUT2D eigenvalue weighted by Crippen LogP contribution is 2.16. The second kappa shape index (κ2) is 7.65.